The first-order valence-electron chi connectivity index (χ1n) is 8.50. The van der Waals surface area contributed by atoms with Gasteiger partial charge in [-0.15, -0.1) is 0 Å². The first kappa shape index (κ1) is 21.9. The standard InChI is InChI=1S/C20H17N3O7/c1-28-18-12-14(2-8-17(18)29-11-10-21)3-9-20(25)30-13-19(24)22-15-4-6-16(7-5-15)23(26)27/h2-9,12H,11,13H2,1H3,(H,22,24)/b9-3+. The first-order chi connectivity index (χ1) is 14.4. The number of amides is 1. The molecule has 2 rings (SSSR count). The Morgan fingerprint density at radius 2 is 1.93 bits per heavy atom. The summed E-state index contributed by atoms with van der Waals surface area (Å²) in [6, 6.07) is 11.9. The number of nitro benzene ring substituents is 1. The van der Waals surface area contributed by atoms with Crippen molar-refractivity contribution in [2.75, 3.05) is 25.6 Å². The van der Waals surface area contributed by atoms with Gasteiger partial charge in [-0.1, -0.05) is 6.07 Å². The number of benzene rings is 2. The van der Waals surface area contributed by atoms with E-state index < -0.39 is 23.4 Å². The Morgan fingerprint density at radius 1 is 1.20 bits per heavy atom. The van der Waals surface area contributed by atoms with Crippen molar-refractivity contribution in [2.24, 2.45) is 0 Å². The molecule has 0 bridgehead atoms. The molecule has 154 valence electrons. The van der Waals surface area contributed by atoms with Gasteiger partial charge in [0, 0.05) is 23.9 Å². The van der Waals surface area contributed by atoms with Gasteiger partial charge in [-0.2, -0.15) is 5.26 Å². The van der Waals surface area contributed by atoms with Crippen LogP contribution in [-0.2, 0) is 14.3 Å². The zero-order chi connectivity index (χ0) is 21.9. The van der Waals surface area contributed by atoms with Crippen LogP contribution in [0.2, 0.25) is 0 Å². The summed E-state index contributed by atoms with van der Waals surface area (Å²) >= 11 is 0. The lowest BCUT2D eigenvalue weighted by molar-refractivity contribution is -0.384. The highest BCUT2D eigenvalue weighted by Crippen LogP contribution is 2.28. The van der Waals surface area contributed by atoms with E-state index in [1.165, 1.54) is 37.5 Å². The highest BCUT2D eigenvalue weighted by Gasteiger charge is 2.09. The average molecular weight is 411 g/mol. The minimum Gasteiger partial charge on any atom is -0.493 e. The lowest BCUT2D eigenvalue weighted by Gasteiger charge is -2.08. The molecule has 1 N–H and O–H groups in total. The van der Waals surface area contributed by atoms with E-state index in [0.29, 0.717) is 22.7 Å². The molecule has 0 saturated carbocycles. The van der Waals surface area contributed by atoms with Crippen molar-refractivity contribution in [3.63, 3.8) is 0 Å². The maximum Gasteiger partial charge on any atom is 0.331 e. The maximum atomic E-state index is 11.8. The number of anilines is 1. The summed E-state index contributed by atoms with van der Waals surface area (Å²) in [5, 5.41) is 21.6. The van der Waals surface area contributed by atoms with Crippen molar-refractivity contribution in [1.82, 2.24) is 0 Å². The number of methoxy groups -OCH3 is 1. The number of carbonyl (C=O) groups excluding carboxylic acids is 2. The third-order valence-corrected chi connectivity index (χ3v) is 3.60. The summed E-state index contributed by atoms with van der Waals surface area (Å²) < 4.78 is 15.2. The maximum absolute atomic E-state index is 11.8. The molecule has 10 nitrogen and oxygen atoms in total. The van der Waals surface area contributed by atoms with Crippen molar-refractivity contribution >= 4 is 29.3 Å². The molecule has 10 heteroatoms. The summed E-state index contributed by atoms with van der Waals surface area (Å²) in [5.74, 6) is -0.547. The fourth-order valence-electron chi connectivity index (χ4n) is 2.23. The van der Waals surface area contributed by atoms with Crippen LogP contribution in [0.1, 0.15) is 5.56 Å². The molecule has 1 amide bonds. The van der Waals surface area contributed by atoms with E-state index in [-0.39, 0.29) is 12.3 Å². The zero-order valence-corrected chi connectivity index (χ0v) is 15.9. The predicted molar refractivity (Wildman–Crippen MR) is 106 cm³/mol. The third kappa shape index (κ3) is 6.65. The molecule has 0 heterocycles. The fourth-order valence-corrected chi connectivity index (χ4v) is 2.23. The quantitative estimate of drug-likeness (QED) is 0.287. The highest BCUT2D eigenvalue weighted by molar-refractivity contribution is 5.94. The Bertz CT molecular complexity index is 994. The smallest absolute Gasteiger partial charge is 0.331 e. The highest BCUT2D eigenvalue weighted by atomic mass is 16.6. The number of nitrogens with zero attached hydrogens (tertiary/aromatic N) is 2. The van der Waals surface area contributed by atoms with Crippen molar-refractivity contribution < 1.29 is 28.7 Å². The van der Waals surface area contributed by atoms with Gasteiger partial charge < -0.3 is 19.5 Å². The number of nitrogens with one attached hydrogen (secondary N) is 1. The molecule has 0 aliphatic rings. The predicted octanol–water partition coefficient (Wildman–Crippen LogP) is 2.70. The van der Waals surface area contributed by atoms with Gasteiger partial charge in [-0.05, 0) is 35.9 Å². The van der Waals surface area contributed by atoms with E-state index in [0.717, 1.165) is 6.08 Å². The van der Waals surface area contributed by atoms with Crippen LogP contribution in [0.3, 0.4) is 0 Å². The minimum atomic E-state index is -0.738. The van der Waals surface area contributed by atoms with Gasteiger partial charge in [0.15, 0.2) is 24.7 Å². The summed E-state index contributed by atoms with van der Waals surface area (Å²) in [5.41, 5.74) is 0.845. The van der Waals surface area contributed by atoms with Crippen molar-refractivity contribution in [3.8, 4) is 17.6 Å². The van der Waals surface area contributed by atoms with Crippen LogP contribution in [0.25, 0.3) is 6.08 Å². The van der Waals surface area contributed by atoms with Crippen molar-refractivity contribution in [2.45, 2.75) is 0 Å². The Labute approximate surface area is 171 Å². The number of nitriles is 1. The molecule has 0 spiro atoms. The van der Waals surface area contributed by atoms with Gasteiger partial charge in [-0.25, -0.2) is 4.79 Å². The molecule has 0 aliphatic carbocycles. The second kappa shape index (κ2) is 10.8. The van der Waals surface area contributed by atoms with Gasteiger partial charge >= 0.3 is 5.97 Å². The van der Waals surface area contributed by atoms with E-state index in [1.54, 1.807) is 18.2 Å². The van der Waals surface area contributed by atoms with Crippen molar-refractivity contribution in [1.29, 1.82) is 5.26 Å². The summed E-state index contributed by atoms with van der Waals surface area (Å²) in [4.78, 5) is 33.7. The number of nitro groups is 1. The zero-order valence-electron chi connectivity index (χ0n) is 15.9. The average Bonchev–Trinajstić information content (AvgIpc) is 2.75. The molecule has 0 fully saturated rings. The normalized spacial score (nSPS) is 10.1. The van der Waals surface area contributed by atoms with E-state index in [4.69, 9.17) is 19.5 Å². The molecular formula is C20H17N3O7. The Hall–Kier alpha value is -4.39. The summed E-state index contributed by atoms with van der Waals surface area (Å²) in [7, 11) is 1.44. The Balaban J connectivity index is 1.86. The van der Waals surface area contributed by atoms with Crippen LogP contribution >= 0.6 is 0 Å². The molecule has 30 heavy (non-hydrogen) atoms. The molecule has 0 saturated heterocycles. The number of non-ortho nitro benzene ring substituents is 1. The van der Waals surface area contributed by atoms with Crippen LogP contribution in [0.15, 0.2) is 48.5 Å². The van der Waals surface area contributed by atoms with E-state index >= 15 is 0 Å². The van der Waals surface area contributed by atoms with Gasteiger partial charge in [0.05, 0.1) is 12.0 Å². The minimum absolute atomic E-state index is 0.106. The van der Waals surface area contributed by atoms with Crippen molar-refractivity contribution in [3.05, 3.63) is 64.2 Å². The van der Waals surface area contributed by atoms with Crippen LogP contribution in [0.4, 0.5) is 11.4 Å². The number of hydrogen-bond acceptors (Lipinski definition) is 8. The number of rotatable bonds is 9. The molecule has 0 aromatic heterocycles. The molecule has 0 unspecified atom stereocenters. The summed E-state index contributed by atoms with van der Waals surface area (Å²) in [6.45, 7) is -0.649. The number of ether oxygens (including phenoxy) is 3. The fraction of sp³-hybridized carbons (Fsp3) is 0.150. The van der Waals surface area contributed by atoms with E-state index in [9.17, 15) is 19.7 Å². The molecule has 0 aliphatic heterocycles. The Kier molecular flexibility index (Phi) is 7.90. The first-order valence-corrected chi connectivity index (χ1v) is 8.50. The van der Waals surface area contributed by atoms with Gasteiger partial charge in [-0.3, -0.25) is 14.9 Å². The van der Waals surface area contributed by atoms with Crippen LogP contribution in [-0.4, -0.2) is 37.1 Å². The van der Waals surface area contributed by atoms with Gasteiger partial charge in [0.2, 0.25) is 0 Å². The number of hydrogen-bond donors (Lipinski definition) is 1. The number of carbonyl (C=O) groups is 2. The van der Waals surface area contributed by atoms with Gasteiger partial charge in [0.25, 0.3) is 11.6 Å². The second-order valence-electron chi connectivity index (χ2n) is 5.65. The molecule has 2 aromatic carbocycles. The van der Waals surface area contributed by atoms with E-state index in [1.807, 2.05) is 6.07 Å². The molecule has 2 aromatic rings. The van der Waals surface area contributed by atoms with Crippen LogP contribution in [0.5, 0.6) is 11.5 Å². The topological polar surface area (TPSA) is 141 Å². The molecular weight excluding hydrogens is 394 g/mol. The van der Waals surface area contributed by atoms with Crippen LogP contribution in [0, 0.1) is 21.4 Å². The Morgan fingerprint density at radius 3 is 2.57 bits per heavy atom. The lowest BCUT2D eigenvalue weighted by Crippen LogP contribution is -2.20. The number of esters is 1. The largest absolute Gasteiger partial charge is 0.493 e. The monoisotopic (exact) mass is 411 g/mol. The third-order valence-electron chi connectivity index (χ3n) is 3.60. The second-order valence-corrected chi connectivity index (χ2v) is 5.65. The molecule has 0 radical (unpaired) electrons. The van der Waals surface area contributed by atoms with Crippen LogP contribution < -0.4 is 14.8 Å². The lowest BCUT2D eigenvalue weighted by atomic mass is 10.2. The van der Waals surface area contributed by atoms with E-state index in [2.05, 4.69) is 5.32 Å². The summed E-state index contributed by atoms with van der Waals surface area (Å²) in [6.07, 6.45) is 2.61. The molecule has 0 atom stereocenters. The SMILES string of the molecule is COc1cc(/C=C/C(=O)OCC(=O)Nc2ccc([N+](=O)[O-])cc2)ccc1OCC#N. The van der Waals surface area contributed by atoms with Gasteiger partial charge in [0.1, 0.15) is 6.07 Å².